The zero-order valence-corrected chi connectivity index (χ0v) is 16.1. The first-order valence-corrected chi connectivity index (χ1v) is 10.2. The van der Waals surface area contributed by atoms with E-state index in [9.17, 15) is 18.0 Å². The van der Waals surface area contributed by atoms with E-state index in [1.54, 1.807) is 24.3 Å². The number of nitrogens with two attached hydrogens (primary N) is 1. The number of carbonyl (C=O) groups is 2. The van der Waals surface area contributed by atoms with Gasteiger partial charge in [0, 0.05) is 6.42 Å². The summed E-state index contributed by atoms with van der Waals surface area (Å²) in [7, 11) is -3.68. The molecule has 0 aromatic heterocycles. The molecule has 0 aliphatic carbocycles. The normalized spacial score (nSPS) is 12.2. The van der Waals surface area contributed by atoms with Gasteiger partial charge < -0.3 is 11.1 Å². The Morgan fingerprint density at radius 2 is 1.67 bits per heavy atom. The van der Waals surface area contributed by atoms with Gasteiger partial charge in [0.25, 0.3) is 0 Å². The minimum absolute atomic E-state index is 0.228. The number of hydrogen-bond donors (Lipinski definition) is 2. The number of amides is 2. The standard InChI is InChI=1S/C19H23N3O4S/c1-14-8-10-16(11-9-14)22(27(2,25)26)13-18(23)21-17(19(20)24)12-15-6-4-3-5-7-15/h3-11,17H,12-13H2,1-2H3,(H2,20,24)(H,21,23)/t17-/m0/s1. The molecular weight excluding hydrogens is 366 g/mol. The molecule has 2 rings (SSSR count). The van der Waals surface area contributed by atoms with Crippen LogP contribution in [0.5, 0.6) is 0 Å². The molecule has 0 saturated heterocycles. The maximum Gasteiger partial charge on any atom is 0.241 e. The molecule has 1 atom stereocenters. The van der Waals surface area contributed by atoms with Crippen LogP contribution in [0.4, 0.5) is 5.69 Å². The molecule has 0 radical (unpaired) electrons. The van der Waals surface area contributed by atoms with Crippen molar-refractivity contribution < 1.29 is 18.0 Å². The van der Waals surface area contributed by atoms with Crippen LogP contribution in [0.3, 0.4) is 0 Å². The average molecular weight is 389 g/mol. The summed E-state index contributed by atoms with van der Waals surface area (Å²) >= 11 is 0. The second kappa shape index (κ2) is 8.68. The second-order valence-electron chi connectivity index (χ2n) is 6.32. The van der Waals surface area contributed by atoms with Gasteiger partial charge in [-0.1, -0.05) is 48.0 Å². The summed E-state index contributed by atoms with van der Waals surface area (Å²) in [6, 6.07) is 14.9. The molecule has 0 saturated carbocycles. The molecular formula is C19H23N3O4S. The maximum atomic E-state index is 12.4. The van der Waals surface area contributed by atoms with Crippen molar-refractivity contribution in [2.45, 2.75) is 19.4 Å². The van der Waals surface area contributed by atoms with E-state index in [-0.39, 0.29) is 6.42 Å². The van der Waals surface area contributed by atoms with Crippen molar-refractivity contribution in [3.63, 3.8) is 0 Å². The van der Waals surface area contributed by atoms with E-state index in [0.717, 1.165) is 21.7 Å². The number of anilines is 1. The number of sulfonamides is 1. The van der Waals surface area contributed by atoms with Crippen LogP contribution in [0.25, 0.3) is 0 Å². The van der Waals surface area contributed by atoms with Crippen molar-refractivity contribution >= 4 is 27.5 Å². The Kier molecular flexibility index (Phi) is 6.57. The van der Waals surface area contributed by atoms with Gasteiger partial charge >= 0.3 is 0 Å². The van der Waals surface area contributed by atoms with Crippen LogP contribution in [0.15, 0.2) is 54.6 Å². The average Bonchev–Trinajstić information content (AvgIpc) is 2.60. The molecule has 0 spiro atoms. The van der Waals surface area contributed by atoms with E-state index in [2.05, 4.69) is 5.32 Å². The summed E-state index contributed by atoms with van der Waals surface area (Å²) in [5, 5.41) is 2.53. The number of carbonyl (C=O) groups excluding carboxylic acids is 2. The largest absolute Gasteiger partial charge is 0.368 e. The highest BCUT2D eigenvalue weighted by Gasteiger charge is 2.24. The minimum Gasteiger partial charge on any atom is -0.368 e. The third kappa shape index (κ3) is 6.10. The topological polar surface area (TPSA) is 110 Å². The van der Waals surface area contributed by atoms with E-state index in [1.165, 1.54) is 0 Å². The highest BCUT2D eigenvalue weighted by molar-refractivity contribution is 7.92. The third-order valence-electron chi connectivity index (χ3n) is 3.97. The minimum atomic E-state index is -3.68. The Hall–Kier alpha value is -2.87. The van der Waals surface area contributed by atoms with E-state index >= 15 is 0 Å². The van der Waals surface area contributed by atoms with E-state index < -0.39 is 34.4 Å². The van der Waals surface area contributed by atoms with E-state index in [0.29, 0.717) is 5.69 Å². The number of nitrogens with zero attached hydrogens (tertiary/aromatic N) is 1. The molecule has 2 aromatic carbocycles. The molecule has 2 amide bonds. The van der Waals surface area contributed by atoms with Gasteiger partial charge in [-0.3, -0.25) is 13.9 Å². The second-order valence-corrected chi connectivity index (χ2v) is 8.22. The van der Waals surface area contributed by atoms with Gasteiger partial charge in [-0.15, -0.1) is 0 Å². The van der Waals surface area contributed by atoms with Gasteiger partial charge in [0.05, 0.1) is 11.9 Å². The van der Waals surface area contributed by atoms with E-state index in [1.807, 2.05) is 37.3 Å². The lowest BCUT2D eigenvalue weighted by Gasteiger charge is -2.23. The molecule has 3 N–H and O–H groups in total. The molecule has 8 heteroatoms. The van der Waals surface area contributed by atoms with Crippen LogP contribution in [-0.2, 0) is 26.0 Å². The molecule has 0 aliphatic heterocycles. The lowest BCUT2D eigenvalue weighted by Crippen LogP contribution is -2.49. The third-order valence-corrected chi connectivity index (χ3v) is 5.11. The molecule has 0 bridgehead atoms. The fourth-order valence-corrected chi connectivity index (χ4v) is 3.41. The first kappa shape index (κ1) is 20.4. The van der Waals surface area contributed by atoms with Crippen LogP contribution in [0.2, 0.25) is 0 Å². The van der Waals surface area contributed by atoms with Crippen molar-refractivity contribution in [2.75, 3.05) is 17.1 Å². The highest BCUT2D eigenvalue weighted by atomic mass is 32.2. The zero-order valence-electron chi connectivity index (χ0n) is 15.3. The predicted molar refractivity (Wildman–Crippen MR) is 105 cm³/mol. The molecule has 0 unspecified atom stereocenters. The quantitative estimate of drug-likeness (QED) is 0.701. The van der Waals surface area contributed by atoms with E-state index in [4.69, 9.17) is 5.73 Å². The predicted octanol–water partition coefficient (Wildman–Crippen LogP) is 0.974. The Morgan fingerprint density at radius 1 is 1.07 bits per heavy atom. The monoisotopic (exact) mass is 389 g/mol. The Bertz CT molecular complexity index is 896. The number of hydrogen-bond acceptors (Lipinski definition) is 4. The fraction of sp³-hybridized carbons (Fsp3) is 0.263. The highest BCUT2D eigenvalue weighted by Crippen LogP contribution is 2.18. The lowest BCUT2D eigenvalue weighted by molar-refractivity contribution is -0.126. The van der Waals surface area contributed by atoms with Gasteiger partial charge in [0.2, 0.25) is 21.8 Å². The number of rotatable bonds is 8. The van der Waals surface area contributed by atoms with Crippen LogP contribution >= 0.6 is 0 Å². The number of aryl methyl sites for hydroxylation is 1. The SMILES string of the molecule is Cc1ccc(N(CC(=O)N[C@@H](Cc2ccccc2)C(N)=O)S(C)(=O)=O)cc1. The first-order chi connectivity index (χ1) is 12.7. The fourth-order valence-electron chi connectivity index (χ4n) is 2.55. The van der Waals surface area contributed by atoms with Gasteiger partial charge in [-0.2, -0.15) is 0 Å². The number of nitrogens with one attached hydrogen (secondary N) is 1. The number of primary amides is 1. The van der Waals surface area contributed by atoms with Crippen LogP contribution < -0.4 is 15.4 Å². The molecule has 0 heterocycles. The van der Waals surface area contributed by atoms with Crippen LogP contribution in [0, 0.1) is 6.92 Å². The lowest BCUT2D eigenvalue weighted by atomic mass is 10.1. The van der Waals surface area contributed by atoms with Crippen LogP contribution in [-0.4, -0.2) is 39.1 Å². The van der Waals surface area contributed by atoms with Crippen molar-refractivity contribution in [3.05, 3.63) is 65.7 Å². The molecule has 27 heavy (non-hydrogen) atoms. The van der Waals surface area contributed by atoms with Gasteiger partial charge in [0.1, 0.15) is 12.6 Å². The van der Waals surface area contributed by atoms with Crippen molar-refractivity contribution in [3.8, 4) is 0 Å². The van der Waals surface area contributed by atoms with Crippen molar-refractivity contribution in [1.29, 1.82) is 0 Å². The molecule has 0 fully saturated rings. The first-order valence-electron chi connectivity index (χ1n) is 8.34. The summed E-state index contributed by atoms with van der Waals surface area (Å²) in [6.07, 6.45) is 1.25. The van der Waals surface area contributed by atoms with Gasteiger partial charge in [0.15, 0.2) is 0 Å². The Balaban J connectivity index is 2.13. The summed E-state index contributed by atoms with van der Waals surface area (Å²) in [6.45, 7) is 1.43. The zero-order chi connectivity index (χ0) is 20.0. The molecule has 2 aromatic rings. The number of benzene rings is 2. The molecule has 7 nitrogen and oxygen atoms in total. The van der Waals surface area contributed by atoms with Gasteiger partial charge in [-0.25, -0.2) is 8.42 Å². The van der Waals surface area contributed by atoms with Gasteiger partial charge in [-0.05, 0) is 24.6 Å². The summed E-state index contributed by atoms with van der Waals surface area (Å²) < 4.78 is 25.2. The Labute approximate surface area is 159 Å². The Morgan fingerprint density at radius 3 is 2.19 bits per heavy atom. The van der Waals surface area contributed by atoms with Crippen LogP contribution in [0.1, 0.15) is 11.1 Å². The van der Waals surface area contributed by atoms with Crippen molar-refractivity contribution in [2.24, 2.45) is 5.73 Å². The van der Waals surface area contributed by atoms with Crippen molar-refractivity contribution in [1.82, 2.24) is 5.32 Å². The molecule has 0 aliphatic rings. The summed E-state index contributed by atoms with van der Waals surface area (Å²) in [4.78, 5) is 24.1. The summed E-state index contributed by atoms with van der Waals surface area (Å²) in [5.74, 6) is -1.30. The smallest absolute Gasteiger partial charge is 0.241 e. The summed E-state index contributed by atoms with van der Waals surface area (Å²) in [5.41, 5.74) is 7.56. The molecule has 144 valence electrons. The maximum absolute atomic E-state index is 12.4.